The zero-order valence-corrected chi connectivity index (χ0v) is 6.23. The van der Waals surface area contributed by atoms with Gasteiger partial charge in [0.25, 0.3) is 0 Å². The SMILES string of the molecule is N[C@H](CSCCF)C(=O)O. The van der Waals surface area contributed by atoms with Crippen LogP contribution in [0.3, 0.4) is 0 Å². The molecule has 0 saturated carbocycles. The van der Waals surface area contributed by atoms with E-state index in [1.54, 1.807) is 0 Å². The van der Waals surface area contributed by atoms with E-state index in [1.807, 2.05) is 0 Å². The maximum Gasteiger partial charge on any atom is 0.321 e. The second-order valence-corrected chi connectivity index (χ2v) is 2.86. The molecule has 0 aliphatic carbocycles. The first-order chi connectivity index (χ1) is 4.68. The molecule has 0 spiro atoms. The first-order valence-corrected chi connectivity index (χ1v) is 3.96. The molecule has 3 nitrogen and oxygen atoms in total. The van der Waals surface area contributed by atoms with Gasteiger partial charge in [-0.15, -0.1) is 0 Å². The molecule has 1 atom stereocenters. The zero-order valence-electron chi connectivity index (χ0n) is 5.42. The summed E-state index contributed by atoms with van der Waals surface area (Å²) < 4.78 is 11.4. The lowest BCUT2D eigenvalue weighted by molar-refractivity contribution is -0.137. The van der Waals surface area contributed by atoms with Crippen LogP contribution in [-0.2, 0) is 4.79 Å². The van der Waals surface area contributed by atoms with Gasteiger partial charge in [-0.1, -0.05) is 0 Å². The van der Waals surface area contributed by atoms with Crippen LogP contribution in [0, 0.1) is 0 Å². The molecule has 0 rings (SSSR count). The molecule has 0 fully saturated rings. The minimum atomic E-state index is -1.04. The number of nitrogens with two attached hydrogens (primary N) is 1. The summed E-state index contributed by atoms with van der Waals surface area (Å²) in [7, 11) is 0. The minimum absolute atomic E-state index is 0.277. The summed E-state index contributed by atoms with van der Waals surface area (Å²) in [6.45, 7) is -0.434. The number of carbonyl (C=O) groups is 1. The van der Waals surface area contributed by atoms with Crippen LogP contribution in [0.25, 0.3) is 0 Å². The number of aliphatic carboxylic acids is 1. The monoisotopic (exact) mass is 167 g/mol. The van der Waals surface area contributed by atoms with Crippen LogP contribution in [0.5, 0.6) is 0 Å². The van der Waals surface area contributed by atoms with Crippen LogP contribution in [0.2, 0.25) is 0 Å². The van der Waals surface area contributed by atoms with E-state index in [0.717, 1.165) is 0 Å². The van der Waals surface area contributed by atoms with E-state index >= 15 is 0 Å². The van der Waals surface area contributed by atoms with E-state index in [1.165, 1.54) is 11.8 Å². The summed E-state index contributed by atoms with van der Waals surface area (Å²) in [5, 5.41) is 8.25. The first kappa shape index (κ1) is 9.71. The number of carboxylic acids is 1. The van der Waals surface area contributed by atoms with Crippen molar-refractivity contribution < 1.29 is 14.3 Å². The number of alkyl halides is 1. The van der Waals surface area contributed by atoms with E-state index in [9.17, 15) is 9.18 Å². The Labute approximate surface area is 62.8 Å². The summed E-state index contributed by atoms with van der Waals surface area (Å²) in [5.74, 6) is -0.438. The Bertz CT molecular complexity index is 112. The molecule has 0 saturated heterocycles. The van der Waals surface area contributed by atoms with Crippen LogP contribution < -0.4 is 5.73 Å². The normalized spacial score (nSPS) is 13.0. The third-order valence-corrected chi connectivity index (χ3v) is 1.87. The molecule has 0 aliphatic heterocycles. The van der Waals surface area contributed by atoms with Crippen molar-refractivity contribution in [2.45, 2.75) is 6.04 Å². The molecule has 5 heteroatoms. The highest BCUT2D eigenvalue weighted by Crippen LogP contribution is 2.00. The van der Waals surface area contributed by atoms with Gasteiger partial charge >= 0.3 is 5.97 Å². The molecule has 0 aliphatic rings. The third-order valence-electron chi connectivity index (χ3n) is 0.836. The number of thioether (sulfide) groups is 1. The Kier molecular flexibility index (Phi) is 5.33. The molecule has 0 aromatic carbocycles. The van der Waals surface area contributed by atoms with Crippen LogP contribution in [0.4, 0.5) is 4.39 Å². The summed E-state index contributed by atoms with van der Waals surface area (Å²) in [4.78, 5) is 10.1. The van der Waals surface area contributed by atoms with Gasteiger partial charge in [-0.05, 0) is 0 Å². The highest BCUT2D eigenvalue weighted by atomic mass is 32.2. The van der Waals surface area contributed by atoms with E-state index < -0.39 is 18.7 Å². The maximum absolute atomic E-state index is 11.4. The van der Waals surface area contributed by atoms with Crippen LogP contribution in [0.1, 0.15) is 0 Å². The lowest BCUT2D eigenvalue weighted by atomic mass is 10.4. The van der Waals surface area contributed by atoms with Crippen LogP contribution >= 0.6 is 11.8 Å². The Morgan fingerprint density at radius 2 is 2.40 bits per heavy atom. The standard InChI is InChI=1S/C5H10FNO2S/c6-1-2-10-3-4(7)5(8)9/h4H,1-3,7H2,(H,8,9)/t4-/m1/s1. The fraction of sp³-hybridized carbons (Fsp3) is 0.800. The molecule has 10 heavy (non-hydrogen) atoms. The van der Waals surface area contributed by atoms with Crippen molar-refractivity contribution in [2.75, 3.05) is 18.2 Å². The second-order valence-electron chi connectivity index (χ2n) is 1.71. The van der Waals surface area contributed by atoms with Crippen molar-refractivity contribution in [3.8, 4) is 0 Å². The number of hydrogen-bond donors (Lipinski definition) is 2. The van der Waals surface area contributed by atoms with Crippen LogP contribution in [0.15, 0.2) is 0 Å². The molecule has 0 unspecified atom stereocenters. The fourth-order valence-corrected chi connectivity index (χ4v) is 1.01. The predicted octanol–water partition coefficient (Wildman–Crippen LogP) is 0.101. The van der Waals surface area contributed by atoms with Crippen molar-refractivity contribution in [2.24, 2.45) is 5.73 Å². The number of rotatable bonds is 5. The average Bonchev–Trinajstić information content (AvgIpc) is 1.88. The van der Waals surface area contributed by atoms with Gasteiger partial charge in [-0.3, -0.25) is 9.18 Å². The second kappa shape index (κ2) is 5.49. The van der Waals surface area contributed by atoms with Crippen molar-refractivity contribution in [1.82, 2.24) is 0 Å². The summed E-state index contributed by atoms with van der Waals surface area (Å²) in [6, 6.07) is -0.864. The highest BCUT2D eigenvalue weighted by Gasteiger charge is 2.09. The zero-order chi connectivity index (χ0) is 7.98. The summed E-state index contributed by atoms with van der Waals surface area (Å²) in [6.07, 6.45) is 0. The molecule has 0 radical (unpaired) electrons. The molecule has 3 N–H and O–H groups in total. The van der Waals surface area contributed by atoms with Gasteiger partial charge in [-0.25, -0.2) is 0 Å². The third kappa shape index (κ3) is 4.58. The van der Waals surface area contributed by atoms with E-state index in [2.05, 4.69) is 0 Å². The van der Waals surface area contributed by atoms with Gasteiger partial charge in [0.05, 0.1) is 6.67 Å². The van der Waals surface area contributed by atoms with E-state index in [4.69, 9.17) is 10.8 Å². The molecular weight excluding hydrogens is 157 g/mol. The van der Waals surface area contributed by atoms with E-state index in [-0.39, 0.29) is 5.75 Å². The van der Waals surface area contributed by atoms with Crippen molar-refractivity contribution >= 4 is 17.7 Å². The van der Waals surface area contributed by atoms with E-state index in [0.29, 0.717) is 5.75 Å². The molecule has 0 amide bonds. The minimum Gasteiger partial charge on any atom is -0.480 e. The summed E-state index contributed by atoms with van der Waals surface area (Å²) in [5.41, 5.74) is 5.11. The van der Waals surface area contributed by atoms with Crippen molar-refractivity contribution in [3.63, 3.8) is 0 Å². The number of hydrogen-bond acceptors (Lipinski definition) is 3. The topological polar surface area (TPSA) is 63.3 Å². The molecular formula is C5H10FNO2S. The van der Waals surface area contributed by atoms with Crippen LogP contribution in [-0.4, -0.2) is 35.3 Å². The van der Waals surface area contributed by atoms with Gasteiger partial charge < -0.3 is 10.8 Å². The Morgan fingerprint density at radius 3 is 2.80 bits per heavy atom. The molecule has 0 aromatic rings. The van der Waals surface area contributed by atoms with Gasteiger partial charge in [0, 0.05) is 11.5 Å². The Balaban J connectivity index is 3.21. The van der Waals surface area contributed by atoms with Gasteiger partial charge in [0.1, 0.15) is 6.04 Å². The van der Waals surface area contributed by atoms with Crippen molar-refractivity contribution in [1.29, 1.82) is 0 Å². The maximum atomic E-state index is 11.4. The Morgan fingerprint density at radius 1 is 1.80 bits per heavy atom. The quantitative estimate of drug-likeness (QED) is 0.570. The molecule has 60 valence electrons. The largest absolute Gasteiger partial charge is 0.480 e. The lowest BCUT2D eigenvalue weighted by Gasteiger charge is -2.02. The molecule has 0 heterocycles. The van der Waals surface area contributed by atoms with Gasteiger partial charge in [0.2, 0.25) is 0 Å². The first-order valence-electron chi connectivity index (χ1n) is 2.80. The Hall–Kier alpha value is -0.290. The highest BCUT2D eigenvalue weighted by molar-refractivity contribution is 7.99. The molecule has 0 aromatic heterocycles. The average molecular weight is 167 g/mol. The van der Waals surface area contributed by atoms with Gasteiger partial charge in [-0.2, -0.15) is 11.8 Å². The fourth-order valence-electron chi connectivity index (χ4n) is 0.336. The predicted molar refractivity (Wildman–Crippen MR) is 38.9 cm³/mol. The number of carboxylic acid groups (broad SMARTS) is 1. The molecule has 0 bridgehead atoms. The smallest absolute Gasteiger partial charge is 0.321 e. The van der Waals surface area contributed by atoms with Gasteiger partial charge in [0.15, 0.2) is 0 Å². The summed E-state index contributed by atoms with van der Waals surface area (Å²) >= 11 is 1.21. The number of halogens is 1. The van der Waals surface area contributed by atoms with Crippen molar-refractivity contribution in [3.05, 3.63) is 0 Å². The lowest BCUT2D eigenvalue weighted by Crippen LogP contribution is -2.32.